The Kier molecular flexibility index (Phi) is 1.56. The van der Waals surface area contributed by atoms with Crippen LogP contribution in [0.15, 0.2) is 6.33 Å². The Balaban J connectivity index is 2.83. The molecule has 6 heteroatoms. The molecular formula is C7H6N6. The predicted octanol–water partition coefficient (Wildman–Crippen LogP) is -0.368. The van der Waals surface area contributed by atoms with E-state index in [0.29, 0.717) is 17.0 Å². The molecule has 2 aromatic rings. The first kappa shape index (κ1) is 7.49. The third-order valence-corrected chi connectivity index (χ3v) is 1.49. The van der Waals surface area contributed by atoms with Crippen LogP contribution in [0.3, 0.4) is 0 Å². The minimum Gasteiger partial charge on any atom is -0.382 e. The number of aromatic nitrogens is 5. The zero-order chi connectivity index (χ0) is 9.26. The van der Waals surface area contributed by atoms with Crippen LogP contribution in [-0.2, 0) is 0 Å². The second-order valence-corrected chi connectivity index (χ2v) is 2.29. The van der Waals surface area contributed by atoms with Gasteiger partial charge in [-0.1, -0.05) is 11.1 Å². The van der Waals surface area contributed by atoms with Gasteiger partial charge in [-0.05, 0) is 6.92 Å². The molecule has 0 amide bonds. The van der Waals surface area contributed by atoms with Crippen LogP contribution in [-0.4, -0.2) is 25.0 Å². The van der Waals surface area contributed by atoms with Crippen molar-refractivity contribution in [3.63, 3.8) is 0 Å². The molecule has 13 heavy (non-hydrogen) atoms. The average Bonchev–Trinajstić information content (AvgIpc) is 2.51. The zero-order valence-electron chi connectivity index (χ0n) is 6.89. The molecule has 0 radical (unpaired) electrons. The Morgan fingerprint density at radius 2 is 2.31 bits per heavy atom. The standard InChI is InChI=1S/C7H6N6/c1-2-3-13-5-6(8)9-4-10-7(5)11-12-13/h4H,1H3,(H2,8,9,10). The number of anilines is 1. The molecule has 2 rings (SSSR count). The molecule has 0 atom stereocenters. The molecule has 0 aliphatic heterocycles. The molecule has 0 aliphatic carbocycles. The second kappa shape index (κ2) is 2.71. The van der Waals surface area contributed by atoms with E-state index in [1.807, 2.05) is 0 Å². The van der Waals surface area contributed by atoms with E-state index >= 15 is 0 Å². The average molecular weight is 174 g/mol. The summed E-state index contributed by atoms with van der Waals surface area (Å²) in [5, 5.41) is 7.53. The van der Waals surface area contributed by atoms with E-state index in [2.05, 4.69) is 32.2 Å². The van der Waals surface area contributed by atoms with Crippen molar-refractivity contribution in [3.8, 4) is 12.0 Å². The first-order chi connectivity index (χ1) is 6.33. The van der Waals surface area contributed by atoms with Crippen LogP contribution >= 0.6 is 0 Å². The fourth-order valence-corrected chi connectivity index (χ4v) is 0.975. The van der Waals surface area contributed by atoms with E-state index in [0.717, 1.165) is 0 Å². The molecule has 0 aromatic carbocycles. The number of rotatable bonds is 0. The zero-order valence-corrected chi connectivity index (χ0v) is 6.89. The molecule has 0 unspecified atom stereocenters. The number of nitrogens with zero attached hydrogens (tertiary/aromatic N) is 5. The summed E-state index contributed by atoms with van der Waals surface area (Å²) in [4.78, 5) is 7.71. The molecule has 0 bridgehead atoms. The Morgan fingerprint density at radius 1 is 1.46 bits per heavy atom. The summed E-state index contributed by atoms with van der Waals surface area (Å²) in [6.45, 7) is 1.70. The molecule has 0 saturated carbocycles. The molecule has 64 valence electrons. The van der Waals surface area contributed by atoms with Crippen molar-refractivity contribution in [2.24, 2.45) is 0 Å². The molecule has 2 N–H and O–H groups in total. The Hall–Kier alpha value is -2.16. The highest BCUT2D eigenvalue weighted by molar-refractivity contribution is 5.81. The van der Waals surface area contributed by atoms with E-state index in [1.54, 1.807) is 6.92 Å². The third kappa shape index (κ3) is 1.06. The van der Waals surface area contributed by atoms with Crippen LogP contribution in [0.5, 0.6) is 0 Å². The normalized spacial score (nSPS) is 9.62. The van der Waals surface area contributed by atoms with Crippen molar-refractivity contribution in [2.45, 2.75) is 6.92 Å². The minimum atomic E-state index is 0.331. The van der Waals surface area contributed by atoms with Crippen LogP contribution in [0.4, 0.5) is 5.82 Å². The highest BCUT2D eigenvalue weighted by Crippen LogP contribution is 2.11. The van der Waals surface area contributed by atoms with Gasteiger partial charge in [-0.25, -0.2) is 9.97 Å². The molecule has 2 aromatic heterocycles. The van der Waals surface area contributed by atoms with E-state index in [-0.39, 0.29) is 0 Å². The third-order valence-electron chi connectivity index (χ3n) is 1.49. The smallest absolute Gasteiger partial charge is 0.208 e. The lowest BCUT2D eigenvalue weighted by Gasteiger charge is -1.92. The van der Waals surface area contributed by atoms with Crippen LogP contribution in [0.25, 0.3) is 11.2 Å². The van der Waals surface area contributed by atoms with Gasteiger partial charge in [0.1, 0.15) is 6.33 Å². The highest BCUT2D eigenvalue weighted by Gasteiger charge is 2.07. The Bertz CT molecular complexity index is 502. The van der Waals surface area contributed by atoms with Gasteiger partial charge in [0, 0.05) is 6.04 Å². The number of hydrogen-bond acceptors (Lipinski definition) is 5. The number of hydrogen-bond donors (Lipinski definition) is 1. The molecule has 6 nitrogen and oxygen atoms in total. The van der Waals surface area contributed by atoms with Crippen molar-refractivity contribution < 1.29 is 0 Å². The van der Waals surface area contributed by atoms with Crippen molar-refractivity contribution in [3.05, 3.63) is 6.33 Å². The minimum absolute atomic E-state index is 0.331. The summed E-state index contributed by atoms with van der Waals surface area (Å²) in [6.07, 6.45) is 1.34. The van der Waals surface area contributed by atoms with Gasteiger partial charge >= 0.3 is 0 Å². The van der Waals surface area contributed by atoms with Gasteiger partial charge in [-0.3, -0.25) is 0 Å². The number of nitrogen functional groups attached to an aromatic ring is 1. The summed E-state index contributed by atoms with van der Waals surface area (Å²) in [6, 6.07) is 2.70. The first-order valence-electron chi connectivity index (χ1n) is 3.57. The molecule has 0 fully saturated rings. The van der Waals surface area contributed by atoms with Crippen molar-refractivity contribution in [1.82, 2.24) is 25.0 Å². The fourth-order valence-electron chi connectivity index (χ4n) is 0.975. The molecule has 2 heterocycles. The molecule has 0 saturated heterocycles. The van der Waals surface area contributed by atoms with Gasteiger partial charge in [0.05, 0.1) is 0 Å². The predicted molar refractivity (Wildman–Crippen MR) is 46.4 cm³/mol. The van der Waals surface area contributed by atoms with E-state index in [4.69, 9.17) is 5.73 Å². The lowest BCUT2D eigenvalue weighted by atomic mass is 10.5. The number of nitrogens with two attached hydrogens (primary N) is 1. The molecular weight excluding hydrogens is 168 g/mol. The monoisotopic (exact) mass is 174 g/mol. The van der Waals surface area contributed by atoms with Gasteiger partial charge in [0.25, 0.3) is 0 Å². The van der Waals surface area contributed by atoms with Gasteiger partial charge in [0.15, 0.2) is 11.3 Å². The lowest BCUT2D eigenvalue weighted by molar-refractivity contribution is 0.847. The first-order valence-corrected chi connectivity index (χ1v) is 3.57. The Morgan fingerprint density at radius 3 is 3.08 bits per heavy atom. The van der Waals surface area contributed by atoms with Gasteiger partial charge in [-0.2, -0.15) is 4.68 Å². The van der Waals surface area contributed by atoms with Gasteiger partial charge in [0.2, 0.25) is 5.65 Å². The van der Waals surface area contributed by atoms with Crippen LogP contribution in [0.2, 0.25) is 0 Å². The second-order valence-electron chi connectivity index (χ2n) is 2.29. The summed E-state index contributed by atoms with van der Waals surface area (Å²) < 4.78 is 1.37. The van der Waals surface area contributed by atoms with Crippen molar-refractivity contribution >= 4 is 17.0 Å². The largest absolute Gasteiger partial charge is 0.382 e. The van der Waals surface area contributed by atoms with Crippen LogP contribution < -0.4 is 5.73 Å². The molecule has 0 aliphatic rings. The van der Waals surface area contributed by atoms with E-state index < -0.39 is 0 Å². The van der Waals surface area contributed by atoms with Gasteiger partial charge in [-0.15, -0.1) is 5.10 Å². The lowest BCUT2D eigenvalue weighted by Crippen LogP contribution is -1.97. The van der Waals surface area contributed by atoms with Gasteiger partial charge < -0.3 is 5.73 Å². The Labute approximate surface area is 73.8 Å². The summed E-state index contributed by atoms with van der Waals surface area (Å²) in [5.41, 5.74) is 6.62. The van der Waals surface area contributed by atoms with E-state index in [9.17, 15) is 0 Å². The van der Waals surface area contributed by atoms with E-state index in [1.165, 1.54) is 11.0 Å². The maximum Gasteiger partial charge on any atom is 0.208 e. The summed E-state index contributed by atoms with van der Waals surface area (Å²) in [5.74, 6) is 3.02. The fraction of sp³-hybridized carbons (Fsp3) is 0.143. The topological polar surface area (TPSA) is 82.5 Å². The van der Waals surface area contributed by atoms with Crippen molar-refractivity contribution in [1.29, 1.82) is 0 Å². The summed E-state index contributed by atoms with van der Waals surface area (Å²) in [7, 11) is 0. The highest BCUT2D eigenvalue weighted by atomic mass is 15.4. The summed E-state index contributed by atoms with van der Waals surface area (Å²) >= 11 is 0. The maximum atomic E-state index is 5.61. The van der Waals surface area contributed by atoms with Crippen LogP contribution in [0.1, 0.15) is 6.92 Å². The van der Waals surface area contributed by atoms with Crippen molar-refractivity contribution in [2.75, 3.05) is 5.73 Å². The SMILES string of the molecule is CC#Cn1nnc2ncnc(N)c21. The number of fused-ring (bicyclic) bond motifs is 1. The quantitative estimate of drug-likeness (QED) is 0.551. The molecule has 0 spiro atoms. The maximum absolute atomic E-state index is 5.61. The van der Waals surface area contributed by atoms with Crippen LogP contribution in [0, 0.1) is 12.0 Å².